The molecule has 0 unspecified atom stereocenters. The van der Waals surface area contributed by atoms with E-state index in [2.05, 4.69) is 22.4 Å². The van der Waals surface area contributed by atoms with Crippen molar-refractivity contribution in [2.75, 3.05) is 32.1 Å². The van der Waals surface area contributed by atoms with E-state index >= 15 is 0 Å². The van der Waals surface area contributed by atoms with Crippen molar-refractivity contribution in [3.8, 4) is 5.75 Å². The van der Waals surface area contributed by atoms with Crippen molar-refractivity contribution in [2.45, 2.75) is 13.3 Å². The van der Waals surface area contributed by atoms with Gasteiger partial charge in [-0.1, -0.05) is 42.5 Å². The van der Waals surface area contributed by atoms with Crippen LogP contribution in [0.25, 0.3) is 10.8 Å². The summed E-state index contributed by atoms with van der Waals surface area (Å²) >= 11 is 0. The van der Waals surface area contributed by atoms with Crippen molar-refractivity contribution in [3.05, 3.63) is 59.8 Å². The van der Waals surface area contributed by atoms with E-state index in [-0.39, 0.29) is 5.91 Å². The smallest absolute Gasteiger partial charge is 0.272 e. The van der Waals surface area contributed by atoms with Gasteiger partial charge in [0.15, 0.2) is 11.5 Å². The molecule has 0 aliphatic heterocycles. The van der Waals surface area contributed by atoms with Crippen molar-refractivity contribution in [1.82, 2.24) is 15.5 Å². The largest absolute Gasteiger partial charge is 0.496 e. The number of carbonyl (C=O) groups excluding carboxylic acids is 1. The summed E-state index contributed by atoms with van der Waals surface area (Å²) in [6.07, 6.45) is 0.678. The number of aromatic nitrogens is 2. The predicted molar refractivity (Wildman–Crippen MR) is 108 cm³/mol. The zero-order valence-corrected chi connectivity index (χ0v) is 15.9. The molecule has 6 heteroatoms. The van der Waals surface area contributed by atoms with Crippen LogP contribution in [-0.4, -0.2) is 43.4 Å². The first-order chi connectivity index (χ1) is 13.2. The number of hydrogen-bond acceptors (Lipinski definition) is 5. The number of anilines is 1. The van der Waals surface area contributed by atoms with E-state index in [1.807, 2.05) is 60.5 Å². The Labute approximate surface area is 159 Å². The zero-order chi connectivity index (χ0) is 19.2. The lowest BCUT2D eigenvalue weighted by atomic mass is 10.1. The molecule has 140 valence electrons. The second kappa shape index (κ2) is 8.49. The molecule has 0 aliphatic rings. The van der Waals surface area contributed by atoms with Gasteiger partial charge in [-0.15, -0.1) is 10.2 Å². The fourth-order valence-corrected chi connectivity index (χ4v) is 2.99. The highest BCUT2D eigenvalue weighted by molar-refractivity contribution is 6.07. The van der Waals surface area contributed by atoms with Gasteiger partial charge < -0.3 is 15.0 Å². The molecule has 0 bridgehead atoms. The van der Waals surface area contributed by atoms with Crippen LogP contribution in [0.1, 0.15) is 23.0 Å². The highest BCUT2D eigenvalue weighted by Crippen LogP contribution is 2.25. The molecule has 6 nitrogen and oxygen atoms in total. The molecule has 0 spiro atoms. The van der Waals surface area contributed by atoms with Gasteiger partial charge >= 0.3 is 0 Å². The molecule has 1 heterocycles. The molecule has 0 saturated carbocycles. The number of rotatable bonds is 7. The van der Waals surface area contributed by atoms with Gasteiger partial charge in [0.05, 0.1) is 7.11 Å². The zero-order valence-electron chi connectivity index (χ0n) is 15.9. The van der Waals surface area contributed by atoms with Crippen LogP contribution in [0, 0.1) is 0 Å². The second-order valence-electron chi connectivity index (χ2n) is 6.25. The Balaban J connectivity index is 1.78. The molecule has 0 saturated heterocycles. The SMILES string of the molecule is CCN(C)c1nnc(C(=O)NCCc2ccccc2OC)c2ccccc12. The Morgan fingerprint density at radius 2 is 1.78 bits per heavy atom. The lowest BCUT2D eigenvalue weighted by Crippen LogP contribution is -2.28. The topological polar surface area (TPSA) is 67.4 Å². The quantitative estimate of drug-likeness (QED) is 0.698. The lowest BCUT2D eigenvalue weighted by molar-refractivity contribution is 0.0950. The van der Waals surface area contributed by atoms with E-state index in [1.165, 1.54) is 0 Å². The van der Waals surface area contributed by atoms with E-state index in [9.17, 15) is 4.79 Å². The molecule has 2 aromatic carbocycles. The third-order valence-electron chi connectivity index (χ3n) is 4.59. The van der Waals surface area contributed by atoms with Crippen molar-refractivity contribution in [1.29, 1.82) is 0 Å². The first-order valence-electron chi connectivity index (χ1n) is 9.02. The Morgan fingerprint density at radius 3 is 2.52 bits per heavy atom. The summed E-state index contributed by atoms with van der Waals surface area (Å²) in [6.45, 7) is 3.35. The average Bonchev–Trinajstić information content (AvgIpc) is 2.72. The van der Waals surface area contributed by atoms with E-state index in [0.29, 0.717) is 18.7 Å². The van der Waals surface area contributed by atoms with Crippen LogP contribution >= 0.6 is 0 Å². The summed E-state index contributed by atoms with van der Waals surface area (Å²) in [5.74, 6) is 1.38. The molecule has 0 radical (unpaired) electrons. The number of hydrogen-bond donors (Lipinski definition) is 1. The number of fused-ring (bicyclic) bond motifs is 1. The Kier molecular flexibility index (Phi) is 5.86. The molecule has 0 atom stereocenters. The minimum atomic E-state index is -0.223. The van der Waals surface area contributed by atoms with E-state index in [1.54, 1.807) is 7.11 Å². The van der Waals surface area contributed by atoms with Crippen LogP contribution in [0.2, 0.25) is 0 Å². The molecule has 27 heavy (non-hydrogen) atoms. The molecular formula is C21H24N4O2. The van der Waals surface area contributed by atoms with E-state index in [4.69, 9.17) is 4.74 Å². The van der Waals surface area contributed by atoms with Gasteiger partial charge in [0.1, 0.15) is 5.75 Å². The summed E-state index contributed by atoms with van der Waals surface area (Å²) in [6, 6.07) is 15.5. The lowest BCUT2D eigenvalue weighted by Gasteiger charge is -2.18. The summed E-state index contributed by atoms with van der Waals surface area (Å²) < 4.78 is 5.35. The second-order valence-corrected chi connectivity index (χ2v) is 6.25. The average molecular weight is 364 g/mol. The monoisotopic (exact) mass is 364 g/mol. The third-order valence-corrected chi connectivity index (χ3v) is 4.59. The standard InChI is InChI=1S/C21H24N4O2/c1-4-25(2)20-17-11-7-6-10-16(17)19(23-24-20)21(26)22-14-13-15-9-5-8-12-18(15)27-3/h5-12H,4,13-14H2,1-3H3,(H,22,26). The number of carbonyl (C=O) groups is 1. The number of amides is 1. The van der Waals surface area contributed by atoms with Gasteiger partial charge in [-0.3, -0.25) is 4.79 Å². The fourth-order valence-electron chi connectivity index (χ4n) is 2.99. The highest BCUT2D eigenvalue weighted by Gasteiger charge is 2.16. The summed E-state index contributed by atoms with van der Waals surface area (Å²) in [7, 11) is 3.61. The molecule has 0 aliphatic carbocycles. The third kappa shape index (κ3) is 4.00. The van der Waals surface area contributed by atoms with E-state index < -0.39 is 0 Å². The molecule has 0 fully saturated rings. The van der Waals surface area contributed by atoms with Crippen LogP contribution in [0.15, 0.2) is 48.5 Å². The van der Waals surface area contributed by atoms with Gasteiger partial charge in [-0.25, -0.2) is 0 Å². The van der Waals surface area contributed by atoms with Crippen molar-refractivity contribution >= 4 is 22.5 Å². The maximum atomic E-state index is 12.7. The Hall–Kier alpha value is -3.15. The maximum Gasteiger partial charge on any atom is 0.272 e. The number of nitrogens with zero attached hydrogens (tertiary/aromatic N) is 3. The normalized spacial score (nSPS) is 10.6. The van der Waals surface area contributed by atoms with Gasteiger partial charge in [0.2, 0.25) is 0 Å². The fraction of sp³-hybridized carbons (Fsp3) is 0.286. The van der Waals surface area contributed by atoms with Crippen LogP contribution in [0.4, 0.5) is 5.82 Å². The van der Waals surface area contributed by atoms with Crippen molar-refractivity contribution < 1.29 is 9.53 Å². The van der Waals surface area contributed by atoms with Crippen molar-refractivity contribution in [3.63, 3.8) is 0 Å². The first kappa shape index (κ1) is 18.6. The van der Waals surface area contributed by atoms with Gasteiger partial charge in [0.25, 0.3) is 5.91 Å². The van der Waals surface area contributed by atoms with Crippen LogP contribution < -0.4 is 15.0 Å². The summed E-state index contributed by atoms with van der Waals surface area (Å²) in [5.41, 5.74) is 1.40. The number of methoxy groups -OCH3 is 1. The maximum absolute atomic E-state index is 12.7. The molecule has 1 aromatic heterocycles. The number of ether oxygens (including phenoxy) is 1. The van der Waals surface area contributed by atoms with E-state index in [0.717, 1.165) is 34.4 Å². The molecular weight excluding hydrogens is 340 g/mol. The minimum Gasteiger partial charge on any atom is -0.496 e. The number of nitrogens with one attached hydrogen (secondary N) is 1. The minimum absolute atomic E-state index is 0.223. The number of benzene rings is 2. The summed E-state index contributed by atoms with van der Waals surface area (Å²) in [5, 5.41) is 13.2. The highest BCUT2D eigenvalue weighted by atomic mass is 16.5. The van der Waals surface area contributed by atoms with Gasteiger partial charge in [0, 0.05) is 30.9 Å². The Bertz CT molecular complexity index is 942. The molecule has 3 aromatic rings. The van der Waals surface area contributed by atoms with Crippen LogP contribution in [-0.2, 0) is 6.42 Å². The predicted octanol–water partition coefficient (Wildman–Crippen LogP) is 3.07. The molecule has 3 rings (SSSR count). The van der Waals surface area contributed by atoms with Crippen LogP contribution in [0.3, 0.4) is 0 Å². The van der Waals surface area contributed by atoms with Crippen LogP contribution in [0.5, 0.6) is 5.75 Å². The summed E-state index contributed by atoms with van der Waals surface area (Å²) in [4.78, 5) is 14.7. The molecule has 1 N–H and O–H groups in total. The van der Waals surface area contributed by atoms with Gasteiger partial charge in [-0.2, -0.15) is 0 Å². The Morgan fingerprint density at radius 1 is 1.07 bits per heavy atom. The number of para-hydroxylation sites is 1. The van der Waals surface area contributed by atoms with Crippen molar-refractivity contribution in [2.24, 2.45) is 0 Å². The first-order valence-corrected chi connectivity index (χ1v) is 9.02. The molecule has 1 amide bonds. The van der Waals surface area contributed by atoms with Gasteiger partial charge in [-0.05, 0) is 25.0 Å².